The Labute approximate surface area is 153 Å². The third-order valence-electron chi connectivity index (χ3n) is 4.21. The Morgan fingerprint density at radius 3 is 2.38 bits per heavy atom. The van der Waals surface area contributed by atoms with E-state index in [-0.39, 0.29) is 18.5 Å². The van der Waals surface area contributed by atoms with Crippen molar-refractivity contribution in [2.24, 2.45) is 0 Å². The molecule has 0 bridgehead atoms. The van der Waals surface area contributed by atoms with Crippen molar-refractivity contribution < 1.29 is 4.79 Å². The highest BCUT2D eigenvalue weighted by molar-refractivity contribution is 6.35. The summed E-state index contributed by atoms with van der Waals surface area (Å²) in [5, 5.41) is 4.22. The molecule has 0 aromatic heterocycles. The van der Waals surface area contributed by atoms with E-state index in [0.29, 0.717) is 10.0 Å². The third kappa shape index (κ3) is 4.50. The maximum absolute atomic E-state index is 12.4. The Hall–Kier alpha value is -1.55. The molecule has 1 unspecified atom stereocenters. The summed E-state index contributed by atoms with van der Waals surface area (Å²) in [4.78, 5) is 14.4. The van der Waals surface area contributed by atoms with Crippen LogP contribution in [-0.2, 0) is 4.79 Å². The van der Waals surface area contributed by atoms with Crippen LogP contribution in [0.4, 0.5) is 5.69 Å². The fraction of sp³-hybridized carbons (Fsp3) is 0.316. The molecule has 0 spiro atoms. The minimum atomic E-state index is -0.0492. The van der Waals surface area contributed by atoms with Crippen LogP contribution in [0, 0.1) is 13.8 Å². The van der Waals surface area contributed by atoms with Gasteiger partial charge in [0.2, 0.25) is 5.91 Å². The lowest BCUT2D eigenvalue weighted by atomic mass is 10.1. The summed E-state index contributed by atoms with van der Waals surface area (Å²) in [6.45, 7) is 6.26. The van der Waals surface area contributed by atoms with Gasteiger partial charge in [-0.15, -0.1) is 0 Å². The predicted molar refractivity (Wildman–Crippen MR) is 102 cm³/mol. The van der Waals surface area contributed by atoms with Gasteiger partial charge in [0.1, 0.15) is 0 Å². The third-order valence-corrected chi connectivity index (χ3v) is 4.77. The van der Waals surface area contributed by atoms with Crippen LogP contribution in [-0.4, -0.2) is 24.4 Å². The molecule has 0 aliphatic rings. The van der Waals surface area contributed by atoms with E-state index in [0.717, 1.165) is 22.4 Å². The zero-order chi connectivity index (χ0) is 17.9. The van der Waals surface area contributed by atoms with Gasteiger partial charge in [-0.2, -0.15) is 0 Å². The Kier molecular flexibility index (Phi) is 6.27. The van der Waals surface area contributed by atoms with Gasteiger partial charge in [0.05, 0.1) is 6.54 Å². The summed E-state index contributed by atoms with van der Waals surface area (Å²) in [6, 6.07) is 11.4. The van der Waals surface area contributed by atoms with Gasteiger partial charge in [-0.1, -0.05) is 47.5 Å². The van der Waals surface area contributed by atoms with Gasteiger partial charge in [-0.25, -0.2) is 0 Å². The molecule has 1 amide bonds. The number of nitrogens with one attached hydrogen (secondary N) is 1. The molecule has 0 aliphatic carbocycles. The quantitative estimate of drug-likeness (QED) is 0.786. The predicted octanol–water partition coefficient (Wildman–Crippen LogP) is 5.24. The molecule has 0 heterocycles. The van der Waals surface area contributed by atoms with Gasteiger partial charge in [-0.05, 0) is 56.6 Å². The minimum Gasteiger partial charge on any atom is -0.324 e. The zero-order valence-corrected chi connectivity index (χ0v) is 15.9. The van der Waals surface area contributed by atoms with Crippen LogP contribution in [0.1, 0.15) is 29.7 Å². The van der Waals surface area contributed by atoms with Crippen LogP contribution in [0.3, 0.4) is 0 Å². The fourth-order valence-corrected chi connectivity index (χ4v) is 3.20. The number of para-hydroxylation sites is 1. The summed E-state index contributed by atoms with van der Waals surface area (Å²) in [5.74, 6) is -0.0492. The number of amides is 1. The van der Waals surface area contributed by atoms with Crippen molar-refractivity contribution in [3.8, 4) is 0 Å². The maximum atomic E-state index is 12.4. The molecule has 2 rings (SSSR count). The Morgan fingerprint density at radius 1 is 1.17 bits per heavy atom. The van der Waals surface area contributed by atoms with Crippen molar-refractivity contribution in [1.82, 2.24) is 4.90 Å². The van der Waals surface area contributed by atoms with Gasteiger partial charge in [0.25, 0.3) is 0 Å². The summed E-state index contributed by atoms with van der Waals surface area (Å²) >= 11 is 12.2. The van der Waals surface area contributed by atoms with Crippen molar-refractivity contribution in [2.45, 2.75) is 26.8 Å². The molecular formula is C19H22Cl2N2O. The first-order chi connectivity index (χ1) is 11.3. The second-order valence-corrected chi connectivity index (χ2v) is 6.92. The number of benzene rings is 2. The first-order valence-corrected chi connectivity index (χ1v) is 8.56. The van der Waals surface area contributed by atoms with E-state index in [2.05, 4.69) is 5.32 Å². The standard InChI is InChI=1S/C19H22Cl2N2O/c1-12-6-5-7-13(2)19(12)22-18(24)11-23(4)14(3)16-9-8-15(20)10-17(16)21/h5-10,14H,11H2,1-4H3,(H,22,24). The molecule has 3 nitrogen and oxygen atoms in total. The van der Waals surface area contributed by atoms with Crippen molar-refractivity contribution in [3.63, 3.8) is 0 Å². The number of hydrogen-bond donors (Lipinski definition) is 1. The van der Waals surface area contributed by atoms with Gasteiger partial charge in [0, 0.05) is 21.8 Å². The van der Waals surface area contributed by atoms with Crippen LogP contribution in [0.5, 0.6) is 0 Å². The number of likely N-dealkylation sites (N-methyl/N-ethyl adjacent to an activating group) is 1. The van der Waals surface area contributed by atoms with Crippen LogP contribution >= 0.6 is 23.2 Å². The number of carbonyl (C=O) groups is 1. The Morgan fingerprint density at radius 2 is 1.79 bits per heavy atom. The van der Waals surface area contributed by atoms with Crippen LogP contribution in [0.25, 0.3) is 0 Å². The highest BCUT2D eigenvalue weighted by Gasteiger charge is 2.18. The van der Waals surface area contributed by atoms with E-state index in [1.54, 1.807) is 6.07 Å². The van der Waals surface area contributed by atoms with Crippen LogP contribution < -0.4 is 5.32 Å². The van der Waals surface area contributed by atoms with E-state index < -0.39 is 0 Å². The van der Waals surface area contributed by atoms with E-state index >= 15 is 0 Å². The molecule has 128 valence electrons. The molecule has 1 atom stereocenters. The van der Waals surface area contributed by atoms with Crippen molar-refractivity contribution in [1.29, 1.82) is 0 Å². The molecular weight excluding hydrogens is 343 g/mol. The molecule has 2 aromatic rings. The number of halogens is 2. The summed E-state index contributed by atoms with van der Waals surface area (Å²) < 4.78 is 0. The number of aryl methyl sites for hydroxylation is 2. The van der Waals surface area contributed by atoms with Crippen molar-refractivity contribution in [2.75, 3.05) is 18.9 Å². The van der Waals surface area contributed by atoms with E-state index in [1.165, 1.54) is 0 Å². The first-order valence-electron chi connectivity index (χ1n) is 7.81. The maximum Gasteiger partial charge on any atom is 0.238 e. The molecule has 2 aromatic carbocycles. The molecule has 0 fully saturated rings. The van der Waals surface area contributed by atoms with E-state index in [9.17, 15) is 4.79 Å². The summed E-state index contributed by atoms with van der Waals surface area (Å²) in [7, 11) is 1.90. The zero-order valence-electron chi connectivity index (χ0n) is 14.4. The van der Waals surface area contributed by atoms with E-state index in [1.807, 2.05) is 63.1 Å². The lowest BCUT2D eigenvalue weighted by Gasteiger charge is -2.25. The van der Waals surface area contributed by atoms with Crippen LogP contribution in [0.15, 0.2) is 36.4 Å². The van der Waals surface area contributed by atoms with Gasteiger partial charge < -0.3 is 5.32 Å². The average molecular weight is 365 g/mol. The largest absolute Gasteiger partial charge is 0.324 e. The first kappa shape index (κ1) is 18.8. The molecule has 5 heteroatoms. The highest BCUT2D eigenvalue weighted by atomic mass is 35.5. The van der Waals surface area contributed by atoms with Crippen molar-refractivity contribution >= 4 is 34.8 Å². The SMILES string of the molecule is Cc1cccc(C)c1NC(=O)CN(C)C(C)c1ccc(Cl)cc1Cl. The highest BCUT2D eigenvalue weighted by Crippen LogP contribution is 2.29. The lowest BCUT2D eigenvalue weighted by molar-refractivity contribution is -0.117. The summed E-state index contributed by atoms with van der Waals surface area (Å²) in [5.41, 5.74) is 3.94. The summed E-state index contributed by atoms with van der Waals surface area (Å²) in [6.07, 6.45) is 0. The Bertz CT molecular complexity index is 726. The van der Waals surface area contributed by atoms with Gasteiger partial charge in [-0.3, -0.25) is 9.69 Å². The molecule has 0 radical (unpaired) electrons. The number of rotatable bonds is 5. The van der Waals surface area contributed by atoms with E-state index in [4.69, 9.17) is 23.2 Å². The number of hydrogen-bond acceptors (Lipinski definition) is 2. The lowest BCUT2D eigenvalue weighted by Crippen LogP contribution is -2.32. The molecule has 1 N–H and O–H groups in total. The Balaban J connectivity index is 2.05. The second-order valence-electron chi connectivity index (χ2n) is 6.07. The normalized spacial score (nSPS) is 12.3. The molecule has 24 heavy (non-hydrogen) atoms. The molecule has 0 aliphatic heterocycles. The topological polar surface area (TPSA) is 32.3 Å². The van der Waals surface area contributed by atoms with Gasteiger partial charge >= 0.3 is 0 Å². The van der Waals surface area contributed by atoms with Crippen molar-refractivity contribution in [3.05, 3.63) is 63.1 Å². The second kappa shape index (κ2) is 8.02. The van der Waals surface area contributed by atoms with Gasteiger partial charge in [0.15, 0.2) is 0 Å². The number of carbonyl (C=O) groups excluding carboxylic acids is 1. The fourth-order valence-electron chi connectivity index (χ4n) is 2.63. The number of anilines is 1. The molecule has 0 saturated carbocycles. The minimum absolute atomic E-state index is 0.00140. The smallest absolute Gasteiger partial charge is 0.238 e. The monoisotopic (exact) mass is 364 g/mol. The average Bonchev–Trinajstić information content (AvgIpc) is 2.50. The number of nitrogens with zero attached hydrogens (tertiary/aromatic N) is 1. The molecule has 0 saturated heterocycles. The van der Waals surface area contributed by atoms with Crippen LogP contribution in [0.2, 0.25) is 10.0 Å².